The lowest BCUT2D eigenvalue weighted by atomic mass is 10.2. The smallest absolute Gasteiger partial charge is 0.323 e. The van der Waals surface area contributed by atoms with E-state index >= 15 is 0 Å². The van der Waals surface area contributed by atoms with Gasteiger partial charge in [0.1, 0.15) is 18.9 Å². The molecule has 0 radical (unpaired) electrons. The molecule has 0 bridgehead atoms. The zero-order chi connectivity index (χ0) is 14.3. The van der Waals surface area contributed by atoms with Gasteiger partial charge in [0.15, 0.2) is 0 Å². The van der Waals surface area contributed by atoms with Crippen LogP contribution in [0.5, 0.6) is 5.75 Å². The highest BCUT2D eigenvalue weighted by Gasteiger charge is 2.10. The van der Waals surface area contributed by atoms with Crippen LogP contribution in [0.15, 0.2) is 24.3 Å². The molecule has 0 saturated heterocycles. The van der Waals surface area contributed by atoms with E-state index in [9.17, 15) is 9.59 Å². The number of carbonyl (C=O) groups is 2. The van der Waals surface area contributed by atoms with Crippen molar-refractivity contribution in [3.8, 4) is 5.75 Å². The summed E-state index contributed by atoms with van der Waals surface area (Å²) in [4.78, 5) is 22.9. The number of nitrogens with zero attached hydrogens (tertiary/aromatic N) is 1. The Labute approximate surface area is 112 Å². The number of amides is 2. The van der Waals surface area contributed by atoms with Gasteiger partial charge in [-0.25, -0.2) is 4.79 Å². The van der Waals surface area contributed by atoms with Crippen LogP contribution in [0.25, 0.3) is 0 Å². The summed E-state index contributed by atoms with van der Waals surface area (Å²) in [6.45, 7) is 2.30. The van der Waals surface area contributed by atoms with Crippen LogP contribution in [0.1, 0.15) is 5.56 Å². The number of benzene rings is 1. The first-order valence-corrected chi connectivity index (χ1v) is 5.89. The zero-order valence-electron chi connectivity index (χ0n) is 11.0. The number of carbonyl (C=O) groups excluding carboxylic acids is 1. The minimum atomic E-state index is -1.05. The molecule has 1 aromatic rings. The summed E-state index contributed by atoms with van der Waals surface area (Å²) in [5, 5.41) is 11.1. The van der Waals surface area contributed by atoms with Gasteiger partial charge in [-0.1, -0.05) is 17.7 Å². The standard InChI is InChI=1S/C13H18N2O4/c1-10-3-5-11(6-4-10)19-8-7-14-13(18)15(2)9-12(16)17/h3-6H,7-9H2,1-2H3,(H,14,18)(H,16,17). The molecule has 0 aliphatic carbocycles. The monoisotopic (exact) mass is 266 g/mol. The van der Waals surface area contributed by atoms with Gasteiger partial charge in [-0.3, -0.25) is 4.79 Å². The number of nitrogens with one attached hydrogen (secondary N) is 1. The van der Waals surface area contributed by atoms with E-state index in [0.29, 0.717) is 13.2 Å². The highest BCUT2D eigenvalue weighted by molar-refractivity contribution is 5.79. The molecule has 104 valence electrons. The van der Waals surface area contributed by atoms with E-state index in [1.165, 1.54) is 7.05 Å². The second kappa shape index (κ2) is 7.25. The molecule has 1 rings (SSSR count). The normalized spacial score (nSPS) is 9.79. The highest BCUT2D eigenvalue weighted by atomic mass is 16.5. The molecule has 19 heavy (non-hydrogen) atoms. The Morgan fingerprint density at radius 1 is 1.32 bits per heavy atom. The molecule has 0 fully saturated rings. The molecule has 6 heteroatoms. The maximum Gasteiger partial charge on any atom is 0.323 e. The van der Waals surface area contributed by atoms with Gasteiger partial charge in [-0.15, -0.1) is 0 Å². The lowest BCUT2D eigenvalue weighted by Crippen LogP contribution is -2.41. The third-order valence-corrected chi connectivity index (χ3v) is 2.39. The van der Waals surface area contributed by atoms with E-state index in [4.69, 9.17) is 9.84 Å². The minimum Gasteiger partial charge on any atom is -0.492 e. The van der Waals surface area contributed by atoms with Crippen molar-refractivity contribution in [1.82, 2.24) is 10.2 Å². The first kappa shape index (κ1) is 14.8. The number of carboxylic acids is 1. The summed E-state index contributed by atoms with van der Waals surface area (Å²) >= 11 is 0. The zero-order valence-corrected chi connectivity index (χ0v) is 11.0. The average Bonchev–Trinajstić information content (AvgIpc) is 2.35. The molecule has 0 aliphatic rings. The van der Waals surface area contributed by atoms with Crippen molar-refractivity contribution < 1.29 is 19.4 Å². The van der Waals surface area contributed by atoms with Gasteiger partial charge < -0.3 is 20.1 Å². The van der Waals surface area contributed by atoms with Crippen molar-refractivity contribution in [2.75, 3.05) is 26.7 Å². The van der Waals surface area contributed by atoms with Crippen LogP contribution in [0.4, 0.5) is 4.79 Å². The van der Waals surface area contributed by atoms with Crippen LogP contribution >= 0.6 is 0 Å². The Hall–Kier alpha value is -2.24. The summed E-state index contributed by atoms with van der Waals surface area (Å²) in [7, 11) is 1.42. The molecule has 0 saturated carbocycles. The summed E-state index contributed by atoms with van der Waals surface area (Å²) in [6.07, 6.45) is 0. The Morgan fingerprint density at radius 3 is 2.53 bits per heavy atom. The fraction of sp³-hybridized carbons (Fsp3) is 0.385. The number of carboxylic acid groups (broad SMARTS) is 1. The molecule has 0 aliphatic heterocycles. The average molecular weight is 266 g/mol. The van der Waals surface area contributed by atoms with Crippen molar-refractivity contribution in [1.29, 1.82) is 0 Å². The molecule has 1 aromatic carbocycles. The number of rotatable bonds is 6. The Morgan fingerprint density at radius 2 is 1.95 bits per heavy atom. The molecule has 0 atom stereocenters. The van der Waals surface area contributed by atoms with E-state index in [1.54, 1.807) is 0 Å². The maximum atomic E-state index is 11.4. The molecule has 0 unspecified atom stereocenters. The first-order chi connectivity index (χ1) is 8.99. The largest absolute Gasteiger partial charge is 0.492 e. The maximum absolute atomic E-state index is 11.4. The van der Waals surface area contributed by atoms with Crippen LogP contribution in [0, 0.1) is 6.92 Å². The third kappa shape index (κ3) is 5.76. The van der Waals surface area contributed by atoms with E-state index in [-0.39, 0.29) is 6.54 Å². The van der Waals surface area contributed by atoms with Gasteiger partial charge in [-0.05, 0) is 19.1 Å². The molecule has 0 heterocycles. The summed E-state index contributed by atoms with van der Waals surface area (Å²) < 4.78 is 5.42. The molecule has 2 amide bonds. The molecule has 0 spiro atoms. The highest BCUT2D eigenvalue weighted by Crippen LogP contribution is 2.10. The minimum absolute atomic E-state index is 0.316. The molecular weight excluding hydrogens is 248 g/mol. The number of hydrogen-bond donors (Lipinski definition) is 2. The van der Waals surface area contributed by atoms with Crippen LogP contribution in [-0.4, -0.2) is 48.8 Å². The number of aliphatic carboxylic acids is 1. The lowest BCUT2D eigenvalue weighted by Gasteiger charge is -2.15. The van der Waals surface area contributed by atoms with Gasteiger partial charge in [0.25, 0.3) is 0 Å². The topological polar surface area (TPSA) is 78.9 Å². The number of aryl methyl sites for hydroxylation is 1. The first-order valence-electron chi connectivity index (χ1n) is 5.89. The quantitative estimate of drug-likeness (QED) is 0.756. The SMILES string of the molecule is Cc1ccc(OCCNC(=O)N(C)CC(=O)O)cc1. The Bertz CT molecular complexity index is 431. The van der Waals surface area contributed by atoms with Crippen molar-refractivity contribution in [3.63, 3.8) is 0 Å². The van der Waals surface area contributed by atoms with Crippen LogP contribution in [0.3, 0.4) is 0 Å². The van der Waals surface area contributed by atoms with E-state index in [0.717, 1.165) is 16.2 Å². The third-order valence-electron chi connectivity index (χ3n) is 2.39. The van der Waals surface area contributed by atoms with Crippen molar-refractivity contribution in [3.05, 3.63) is 29.8 Å². The number of urea groups is 1. The predicted molar refractivity (Wildman–Crippen MR) is 70.3 cm³/mol. The van der Waals surface area contributed by atoms with Crippen molar-refractivity contribution in [2.45, 2.75) is 6.92 Å². The fourth-order valence-corrected chi connectivity index (χ4v) is 1.37. The fourth-order valence-electron chi connectivity index (χ4n) is 1.37. The number of likely N-dealkylation sites (N-methyl/N-ethyl adjacent to an activating group) is 1. The predicted octanol–water partition coefficient (Wildman–Crippen LogP) is 1.10. The van der Waals surface area contributed by atoms with E-state index in [2.05, 4.69) is 5.32 Å². The van der Waals surface area contributed by atoms with E-state index in [1.807, 2.05) is 31.2 Å². The number of hydrogen-bond acceptors (Lipinski definition) is 3. The Balaban J connectivity index is 2.21. The van der Waals surface area contributed by atoms with Crippen molar-refractivity contribution in [2.24, 2.45) is 0 Å². The van der Waals surface area contributed by atoms with Crippen LogP contribution in [-0.2, 0) is 4.79 Å². The second-order valence-corrected chi connectivity index (χ2v) is 4.14. The molecule has 2 N–H and O–H groups in total. The molecule has 0 aromatic heterocycles. The number of ether oxygens (including phenoxy) is 1. The summed E-state index contributed by atoms with van der Waals surface area (Å²) in [5.74, 6) is -0.313. The second-order valence-electron chi connectivity index (χ2n) is 4.14. The summed E-state index contributed by atoms with van der Waals surface area (Å²) in [6, 6.07) is 7.15. The van der Waals surface area contributed by atoms with Gasteiger partial charge in [0.05, 0.1) is 6.54 Å². The Kier molecular flexibility index (Phi) is 5.66. The lowest BCUT2D eigenvalue weighted by molar-refractivity contribution is -0.137. The van der Waals surface area contributed by atoms with Gasteiger partial charge in [0.2, 0.25) is 0 Å². The van der Waals surface area contributed by atoms with Gasteiger partial charge >= 0.3 is 12.0 Å². The summed E-state index contributed by atoms with van der Waals surface area (Å²) in [5.41, 5.74) is 1.15. The van der Waals surface area contributed by atoms with Crippen LogP contribution in [0.2, 0.25) is 0 Å². The van der Waals surface area contributed by atoms with Crippen molar-refractivity contribution >= 4 is 12.0 Å². The molecular formula is C13H18N2O4. The molecule has 6 nitrogen and oxygen atoms in total. The van der Waals surface area contributed by atoms with Gasteiger partial charge in [-0.2, -0.15) is 0 Å². The van der Waals surface area contributed by atoms with Gasteiger partial charge in [0, 0.05) is 7.05 Å². The van der Waals surface area contributed by atoms with Crippen LogP contribution < -0.4 is 10.1 Å². The van der Waals surface area contributed by atoms with E-state index < -0.39 is 12.0 Å².